The lowest BCUT2D eigenvalue weighted by Gasteiger charge is -2.08. The summed E-state index contributed by atoms with van der Waals surface area (Å²) in [6.45, 7) is 0.163. The second kappa shape index (κ2) is 9.49. The predicted octanol–water partition coefficient (Wildman–Crippen LogP) is 5.48. The molecule has 172 valence electrons. The number of para-hydroxylation sites is 1. The summed E-state index contributed by atoms with van der Waals surface area (Å²) in [7, 11) is 1.59. The molecular weight excluding hydrogens is 510 g/mol. The van der Waals surface area contributed by atoms with E-state index in [1.165, 1.54) is 4.68 Å². The lowest BCUT2D eigenvalue weighted by molar-refractivity contribution is 0.368. The van der Waals surface area contributed by atoms with Gasteiger partial charge in [-0.3, -0.25) is 4.79 Å². The number of fused-ring (bicyclic) bond motifs is 2. The number of hydrogen-bond donors (Lipinski definition) is 0. The lowest BCUT2D eigenvalue weighted by atomic mass is 10.2. The summed E-state index contributed by atoms with van der Waals surface area (Å²) < 4.78 is 18.9. The maximum Gasteiger partial charge on any atom is 0.282 e. The number of terminal acetylenes is 1. The van der Waals surface area contributed by atoms with Gasteiger partial charge in [0.05, 0.1) is 34.1 Å². The van der Waals surface area contributed by atoms with Crippen LogP contribution >= 0.6 is 15.9 Å². The average molecular weight is 528 g/mol. The summed E-state index contributed by atoms with van der Waals surface area (Å²) in [6.07, 6.45) is 6.83. The third-order valence-corrected chi connectivity index (χ3v) is 5.92. The number of aromatic nitrogens is 2. The summed E-state index contributed by atoms with van der Waals surface area (Å²) in [5.41, 5.74) is 1.58. The van der Waals surface area contributed by atoms with Crippen LogP contribution in [0.25, 0.3) is 33.5 Å². The fourth-order valence-corrected chi connectivity index (χ4v) is 4.18. The molecule has 0 saturated carbocycles. The molecule has 0 atom stereocenters. The van der Waals surface area contributed by atoms with E-state index in [2.05, 4.69) is 27.0 Å². The Morgan fingerprint density at radius 2 is 1.97 bits per heavy atom. The molecule has 2 heterocycles. The number of rotatable bonds is 6. The van der Waals surface area contributed by atoms with E-state index in [0.717, 1.165) is 10.9 Å². The van der Waals surface area contributed by atoms with Gasteiger partial charge in [-0.2, -0.15) is 9.78 Å². The smallest absolute Gasteiger partial charge is 0.282 e. The van der Waals surface area contributed by atoms with Gasteiger partial charge in [-0.25, -0.2) is 4.98 Å². The molecule has 0 aliphatic rings. The maximum atomic E-state index is 13.4. The van der Waals surface area contributed by atoms with Crippen molar-refractivity contribution in [3.05, 3.63) is 87.1 Å². The predicted molar refractivity (Wildman–Crippen MR) is 139 cm³/mol. The van der Waals surface area contributed by atoms with Crippen molar-refractivity contribution in [1.29, 1.82) is 0 Å². The molecule has 2 aromatic heterocycles. The van der Waals surface area contributed by atoms with Gasteiger partial charge >= 0.3 is 0 Å². The Kier molecular flexibility index (Phi) is 6.08. The van der Waals surface area contributed by atoms with Crippen LogP contribution < -0.4 is 15.0 Å². The average Bonchev–Trinajstić information content (AvgIpc) is 3.32. The summed E-state index contributed by atoms with van der Waals surface area (Å²) in [5.74, 6) is 4.37. The van der Waals surface area contributed by atoms with Crippen molar-refractivity contribution >= 4 is 44.0 Å². The van der Waals surface area contributed by atoms with Crippen LogP contribution in [-0.2, 0) is 0 Å². The molecule has 0 unspecified atom stereocenters. The minimum absolute atomic E-state index is 0.163. The molecule has 35 heavy (non-hydrogen) atoms. The highest BCUT2D eigenvalue weighted by atomic mass is 79.9. The summed E-state index contributed by atoms with van der Waals surface area (Å²) in [6, 6.07) is 19.8. The number of halogens is 1. The van der Waals surface area contributed by atoms with Gasteiger partial charge in [-0.05, 0) is 70.0 Å². The molecule has 0 amide bonds. The molecule has 0 aliphatic carbocycles. The molecule has 5 rings (SSSR count). The third-order valence-electron chi connectivity index (χ3n) is 5.30. The van der Waals surface area contributed by atoms with Crippen molar-refractivity contribution in [1.82, 2.24) is 9.66 Å². The highest BCUT2D eigenvalue weighted by Gasteiger charge is 2.17. The number of nitrogens with zero attached hydrogens (tertiary/aromatic N) is 3. The van der Waals surface area contributed by atoms with Crippen LogP contribution in [0.3, 0.4) is 0 Å². The van der Waals surface area contributed by atoms with Crippen molar-refractivity contribution < 1.29 is 13.9 Å². The van der Waals surface area contributed by atoms with E-state index < -0.39 is 0 Å². The Labute approximate surface area is 208 Å². The summed E-state index contributed by atoms with van der Waals surface area (Å²) in [5, 5.41) is 5.70. The first kappa shape index (κ1) is 22.4. The number of methoxy groups -OCH3 is 1. The fourth-order valence-electron chi connectivity index (χ4n) is 3.67. The van der Waals surface area contributed by atoms with E-state index in [1.54, 1.807) is 43.7 Å². The normalized spacial score (nSPS) is 11.2. The molecular formula is C27H18BrN3O4. The second-order valence-corrected chi connectivity index (χ2v) is 8.33. The van der Waals surface area contributed by atoms with Crippen molar-refractivity contribution in [3.8, 4) is 35.4 Å². The zero-order chi connectivity index (χ0) is 24.4. The second-order valence-electron chi connectivity index (χ2n) is 7.48. The summed E-state index contributed by atoms with van der Waals surface area (Å²) >= 11 is 3.47. The first-order valence-electron chi connectivity index (χ1n) is 10.6. The Morgan fingerprint density at radius 1 is 1.11 bits per heavy atom. The van der Waals surface area contributed by atoms with E-state index in [0.29, 0.717) is 38.2 Å². The van der Waals surface area contributed by atoms with E-state index in [-0.39, 0.29) is 18.0 Å². The van der Waals surface area contributed by atoms with Gasteiger partial charge in [0.1, 0.15) is 23.7 Å². The molecule has 0 spiro atoms. The van der Waals surface area contributed by atoms with Gasteiger partial charge in [-0.15, -0.1) is 6.42 Å². The van der Waals surface area contributed by atoms with Crippen LogP contribution in [0.5, 0.6) is 11.5 Å². The van der Waals surface area contributed by atoms with Gasteiger partial charge in [-0.1, -0.05) is 24.1 Å². The van der Waals surface area contributed by atoms with Crippen LogP contribution in [0.15, 0.2) is 85.5 Å². The van der Waals surface area contributed by atoms with Crippen LogP contribution in [0.4, 0.5) is 0 Å². The molecule has 3 aromatic carbocycles. The third kappa shape index (κ3) is 4.29. The Morgan fingerprint density at radius 3 is 2.77 bits per heavy atom. The molecule has 0 bridgehead atoms. The van der Waals surface area contributed by atoms with Crippen molar-refractivity contribution in [2.75, 3.05) is 13.7 Å². The Hall–Kier alpha value is -4.35. The lowest BCUT2D eigenvalue weighted by Crippen LogP contribution is -2.20. The van der Waals surface area contributed by atoms with Gasteiger partial charge < -0.3 is 13.9 Å². The van der Waals surface area contributed by atoms with Crippen LogP contribution in [0.2, 0.25) is 0 Å². The van der Waals surface area contributed by atoms with E-state index in [9.17, 15) is 4.79 Å². The SMILES string of the molecule is C#CCOc1ccc(C=Nn2c(-c3cc4c(OC)cccc4o3)nc3ccccc3c2=O)cc1Br. The largest absolute Gasteiger partial charge is 0.496 e. The summed E-state index contributed by atoms with van der Waals surface area (Å²) in [4.78, 5) is 18.1. The topological polar surface area (TPSA) is 78.8 Å². The first-order chi connectivity index (χ1) is 17.1. The first-order valence-corrected chi connectivity index (χ1v) is 11.4. The Bertz CT molecular complexity index is 1700. The van der Waals surface area contributed by atoms with Crippen LogP contribution in [0.1, 0.15) is 5.56 Å². The number of hydrogen-bond acceptors (Lipinski definition) is 6. The standard InChI is InChI=1S/C27H18BrN3O4/c1-3-13-34-24-12-11-17(14-20(24)28)16-29-31-26(30-21-8-5-4-7-18(21)27(31)32)25-15-19-22(33-2)9-6-10-23(19)35-25/h1,4-12,14-16H,13H2,2H3. The minimum Gasteiger partial charge on any atom is -0.496 e. The molecule has 0 aliphatic heterocycles. The zero-order valence-electron chi connectivity index (χ0n) is 18.6. The van der Waals surface area contributed by atoms with E-state index in [4.69, 9.17) is 25.3 Å². The van der Waals surface area contributed by atoms with Gasteiger partial charge in [0.25, 0.3) is 5.56 Å². The monoisotopic (exact) mass is 527 g/mol. The van der Waals surface area contributed by atoms with Crippen LogP contribution in [0, 0.1) is 12.3 Å². The van der Waals surface area contributed by atoms with Crippen molar-refractivity contribution in [3.63, 3.8) is 0 Å². The van der Waals surface area contributed by atoms with E-state index in [1.807, 2.05) is 36.4 Å². The molecule has 8 heteroatoms. The highest BCUT2D eigenvalue weighted by molar-refractivity contribution is 9.10. The fraction of sp³-hybridized carbons (Fsp3) is 0.0741. The van der Waals surface area contributed by atoms with Gasteiger partial charge in [0.2, 0.25) is 5.82 Å². The van der Waals surface area contributed by atoms with E-state index >= 15 is 0 Å². The molecule has 0 fully saturated rings. The quantitative estimate of drug-likeness (QED) is 0.216. The van der Waals surface area contributed by atoms with Crippen molar-refractivity contribution in [2.45, 2.75) is 0 Å². The molecule has 0 radical (unpaired) electrons. The highest BCUT2D eigenvalue weighted by Crippen LogP contribution is 2.33. The van der Waals surface area contributed by atoms with Gasteiger partial charge in [0.15, 0.2) is 5.76 Å². The molecule has 7 nitrogen and oxygen atoms in total. The van der Waals surface area contributed by atoms with Crippen molar-refractivity contribution in [2.24, 2.45) is 5.10 Å². The molecule has 0 saturated heterocycles. The molecule has 0 N–H and O–H groups in total. The number of ether oxygens (including phenoxy) is 2. The number of benzene rings is 3. The molecule has 5 aromatic rings. The Balaban J connectivity index is 1.65. The zero-order valence-corrected chi connectivity index (χ0v) is 20.2. The van der Waals surface area contributed by atoms with Gasteiger partial charge in [0, 0.05) is 0 Å². The number of furan rings is 1. The minimum atomic E-state index is -0.317. The van der Waals surface area contributed by atoms with Crippen LogP contribution in [-0.4, -0.2) is 29.6 Å². The maximum absolute atomic E-state index is 13.4.